The van der Waals surface area contributed by atoms with Gasteiger partial charge in [0.05, 0.1) is 23.9 Å². The number of nitrogens with one attached hydrogen (secondary N) is 1. The van der Waals surface area contributed by atoms with Gasteiger partial charge in [-0.05, 0) is 24.6 Å². The average Bonchev–Trinajstić information content (AvgIpc) is 2.64. The van der Waals surface area contributed by atoms with Gasteiger partial charge in [0.2, 0.25) is 0 Å². The highest BCUT2D eigenvalue weighted by atomic mass is 35.5. The third-order valence-electron chi connectivity index (χ3n) is 4.28. The van der Waals surface area contributed by atoms with Crippen molar-refractivity contribution in [2.45, 2.75) is 13.0 Å². The molecule has 5 nitrogen and oxygen atoms in total. The first-order valence-electron chi connectivity index (χ1n) is 8.40. The lowest BCUT2D eigenvalue weighted by Gasteiger charge is -2.35. The van der Waals surface area contributed by atoms with Crippen molar-refractivity contribution < 1.29 is 18.7 Å². The summed E-state index contributed by atoms with van der Waals surface area (Å²) < 4.78 is 19.8. The van der Waals surface area contributed by atoms with Crippen LogP contribution in [0.2, 0.25) is 5.02 Å². The van der Waals surface area contributed by atoms with Gasteiger partial charge in [0.1, 0.15) is 5.82 Å². The summed E-state index contributed by atoms with van der Waals surface area (Å²) in [7, 11) is 1.54. The molecule has 0 fully saturated rings. The van der Waals surface area contributed by atoms with Crippen molar-refractivity contribution in [3.05, 3.63) is 76.1 Å². The third-order valence-corrected chi connectivity index (χ3v) is 4.61. The van der Waals surface area contributed by atoms with Crippen LogP contribution in [-0.2, 0) is 9.53 Å². The van der Waals surface area contributed by atoms with E-state index in [1.54, 1.807) is 31.2 Å². The Morgan fingerprint density at radius 2 is 1.93 bits per heavy atom. The van der Waals surface area contributed by atoms with Crippen molar-refractivity contribution in [2.24, 2.45) is 0 Å². The second-order valence-electron chi connectivity index (χ2n) is 5.93. The second kappa shape index (κ2) is 7.80. The first-order chi connectivity index (χ1) is 13.0. The van der Waals surface area contributed by atoms with E-state index in [-0.39, 0.29) is 22.8 Å². The van der Waals surface area contributed by atoms with Gasteiger partial charge in [-0.15, -0.1) is 0 Å². The molecule has 2 aromatic rings. The molecule has 27 heavy (non-hydrogen) atoms. The molecule has 2 amide bonds. The summed E-state index contributed by atoms with van der Waals surface area (Å²) in [5.74, 6) is -1.26. The quantitative estimate of drug-likeness (QED) is 0.800. The average molecular weight is 389 g/mol. The van der Waals surface area contributed by atoms with Crippen LogP contribution >= 0.6 is 11.6 Å². The van der Waals surface area contributed by atoms with E-state index in [4.69, 9.17) is 16.3 Å². The normalized spacial score (nSPS) is 17.0. The molecule has 1 heterocycles. The van der Waals surface area contributed by atoms with E-state index < -0.39 is 23.9 Å². The van der Waals surface area contributed by atoms with E-state index in [2.05, 4.69) is 5.32 Å². The highest BCUT2D eigenvalue weighted by molar-refractivity contribution is 6.31. The number of hydrogen-bond acceptors (Lipinski definition) is 3. The van der Waals surface area contributed by atoms with Crippen LogP contribution in [0.25, 0.3) is 5.70 Å². The Hall–Kier alpha value is -2.86. The first-order valence-corrected chi connectivity index (χ1v) is 8.78. The standard InChI is InChI=1S/C20H18ClFN2O3/c1-3-27-19(25)16-17(15-13(21)10-7-11-14(15)22)23-20(26)24(2)18(16)12-8-5-4-6-9-12/h4-11,17H,3H2,1-2H3,(H,23,26). The number of esters is 1. The van der Waals surface area contributed by atoms with Crippen LogP contribution in [-0.4, -0.2) is 30.6 Å². The van der Waals surface area contributed by atoms with Crippen molar-refractivity contribution >= 4 is 29.3 Å². The predicted molar refractivity (Wildman–Crippen MR) is 100 cm³/mol. The molecule has 1 unspecified atom stereocenters. The zero-order chi connectivity index (χ0) is 19.6. The molecule has 1 N–H and O–H groups in total. The summed E-state index contributed by atoms with van der Waals surface area (Å²) in [5.41, 5.74) is 1.13. The van der Waals surface area contributed by atoms with Crippen molar-refractivity contribution in [1.82, 2.24) is 10.2 Å². The molecule has 0 aromatic heterocycles. The number of benzene rings is 2. The number of hydrogen-bond donors (Lipinski definition) is 1. The minimum Gasteiger partial charge on any atom is -0.463 e. The Morgan fingerprint density at radius 3 is 2.56 bits per heavy atom. The monoisotopic (exact) mass is 388 g/mol. The van der Waals surface area contributed by atoms with Gasteiger partial charge in [-0.3, -0.25) is 4.90 Å². The number of rotatable bonds is 4. The number of carbonyl (C=O) groups is 2. The van der Waals surface area contributed by atoms with Gasteiger partial charge in [0.15, 0.2) is 0 Å². The molecule has 0 bridgehead atoms. The zero-order valence-electron chi connectivity index (χ0n) is 14.8. The summed E-state index contributed by atoms with van der Waals surface area (Å²) in [4.78, 5) is 26.7. The lowest BCUT2D eigenvalue weighted by molar-refractivity contribution is -0.138. The topological polar surface area (TPSA) is 58.6 Å². The lowest BCUT2D eigenvalue weighted by Crippen LogP contribution is -2.46. The molecule has 2 aromatic carbocycles. The predicted octanol–water partition coefficient (Wildman–Crippen LogP) is 4.15. The summed E-state index contributed by atoms with van der Waals surface area (Å²) >= 11 is 6.21. The van der Waals surface area contributed by atoms with Crippen LogP contribution in [0.15, 0.2) is 54.1 Å². The number of ether oxygens (including phenoxy) is 1. The van der Waals surface area contributed by atoms with E-state index in [9.17, 15) is 14.0 Å². The highest BCUT2D eigenvalue weighted by Gasteiger charge is 2.39. The summed E-state index contributed by atoms with van der Waals surface area (Å²) in [6.45, 7) is 1.82. The molecule has 0 saturated heterocycles. The zero-order valence-corrected chi connectivity index (χ0v) is 15.6. The molecule has 0 aliphatic carbocycles. The maximum Gasteiger partial charge on any atom is 0.338 e. The number of urea groups is 1. The van der Waals surface area contributed by atoms with Gasteiger partial charge in [-0.1, -0.05) is 48.0 Å². The Kier molecular flexibility index (Phi) is 5.46. The summed E-state index contributed by atoms with van der Waals surface area (Å²) in [6.07, 6.45) is 0. The first kappa shape index (κ1) is 18.9. The molecular weight excluding hydrogens is 371 g/mol. The number of carbonyl (C=O) groups excluding carboxylic acids is 2. The molecule has 1 aliphatic heterocycles. The largest absolute Gasteiger partial charge is 0.463 e. The van der Waals surface area contributed by atoms with E-state index in [0.29, 0.717) is 11.3 Å². The Labute approximate surface area is 161 Å². The third kappa shape index (κ3) is 3.53. The fraction of sp³-hybridized carbons (Fsp3) is 0.200. The molecule has 140 valence electrons. The Morgan fingerprint density at radius 1 is 1.22 bits per heavy atom. The molecule has 3 rings (SSSR count). The van der Waals surface area contributed by atoms with Crippen LogP contribution in [0.3, 0.4) is 0 Å². The number of amides is 2. The molecular formula is C20H18ClFN2O3. The molecule has 0 radical (unpaired) electrons. The van der Waals surface area contributed by atoms with Gasteiger partial charge >= 0.3 is 12.0 Å². The van der Waals surface area contributed by atoms with Gasteiger partial charge in [-0.2, -0.15) is 0 Å². The summed E-state index contributed by atoms with van der Waals surface area (Å²) in [5, 5.41) is 2.77. The van der Waals surface area contributed by atoms with E-state index >= 15 is 0 Å². The van der Waals surface area contributed by atoms with Crippen LogP contribution in [0.1, 0.15) is 24.1 Å². The number of nitrogens with zero attached hydrogens (tertiary/aromatic N) is 1. The van der Waals surface area contributed by atoms with Crippen LogP contribution < -0.4 is 5.32 Å². The molecule has 0 saturated carbocycles. The highest BCUT2D eigenvalue weighted by Crippen LogP contribution is 2.39. The van der Waals surface area contributed by atoms with Crippen LogP contribution in [0, 0.1) is 5.82 Å². The van der Waals surface area contributed by atoms with Gasteiger partial charge in [0, 0.05) is 17.6 Å². The van der Waals surface area contributed by atoms with Gasteiger partial charge < -0.3 is 10.1 Å². The van der Waals surface area contributed by atoms with Crippen LogP contribution in [0.4, 0.5) is 9.18 Å². The molecule has 0 spiro atoms. The smallest absolute Gasteiger partial charge is 0.338 e. The number of halogens is 2. The maximum atomic E-state index is 14.6. The van der Waals surface area contributed by atoms with Crippen molar-refractivity contribution in [2.75, 3.05) is 13.7 Å². The fourth-order valence-corrected chi connectivity index (χ4v) is 3.36. The van der Waals surface area contributed by atoms with Crippen LogP contribution in [0.5, 0.6) is 0 Å². The lowest BCUT2D eigenvalue weighted by atomic mass is 9.91. The molecule has 1 aliphatic rings. The van der Waals surface area contributed by atoms with Crippen molar-refractivity contribution in [3.8, 4) is 0 Å². The minimum atomic E-state index is -1.07. The fourth-order valence-electron chi connectivity index (χ4n) is 3.08. The second-order valence-corrected chi connectivity index (χ2v) is 6.33. The molecule has 7 heteroatoms. The van der Waals surface area contributed by atoms with E-state index in [1.165, 1.54) is 30.1 Å². The molecule has 1 atom stereocenters. The SMILES string of the molecule is CCOC(=O)C1=C(c2ccccc2)N(C)C(=O)NC1c1c(F)cccc1Cl. The minimum absolute atomic E-state index is 0.0251. The summed E-state index contributed by atoms with van der Waals surface area (Å²) in [6, 6.07) is 11.6. The Balaban J connectivity index is 2.30. The Bertz CT molecular complexity index is 894. The van der Waals surface area contributed by atoms with Crippen molar-refractivity contribution in [1.29, 1.82) is 0 Å². The van der Waals surface area contributed by atoms with Gasteiger partial charge in [-0.25, -0.2) is 14.0 Å². The van der Waals surface area contributed by atoms with E-state index in [1.807, 2.05) is 6.07 Å². The maximum absolute atomic E-state index is 14.6. The van der Waals surface area contributed by atoms with Gasteiger partial charge in [0.25, 0.3) is 0 Å². The van der Waals surface area contributed by atoms with E-state index in [0.717, 1.165) is 0 Å². The van der Waals surface area contributed by atoms with Crippen molar-refractivity contribution in [3.63, 3.8) is 0 Å².